The van der Waals surface area contributed by atoms with Gasteiger partial charge in [0.25, 0.3) is 0 Å². The molecule has 0 aliphatic rings. The Kier molecular flexibility index (Phi) is 6.52. The maximum Gasteiger partial charge on any atom is 0.404 e. The van der Waals surface area contributed by atoms with Crippen LogP contribution in [0.1, 0.15) is 33.3 Å². The van der Waals surface area contributed by atoms with E-state index in [1.807, 2.05) is 6.07 Å². The average Bonchev–Trinajstić information content (AvgIpc) is 2.34. The number of nitrogens with zero attached hydrogens (tertiary/aromatic N) is 1. The Morgan fingerprint density at radius 2 is 1.57 bits per heavy atom. The molecule has 0 N–H and O–H groups in total. The molecule has 0 aliphatic heterocycles. The van der Waals surface area contributed by atoms with Gasteiger partial charge in [0.1, 0.15) is 0 Å². The van der Waals surface area contributed by atoms with E-state index in [1.165, 1.54) is 0 Å². The highest BCUT2D eigenvalue weighted by Crippen LogP contribution is 2.56. The van der Waals surface area contributed by atoms with Crippen LogP contribution in [0, 0.1) is 10.1 Å². The Labute approximate surface area is 125 Å². The van der Waals surface area contributed by atoms with Gasteiger partial charge in [0, 0.05) is 4.92 Å². The molecular formula is C14H22NO5P. The highest BCUT2D eigenvalue weighted by atomic mass is 31.2. The minimum Gasteiger partial charge on any atom is -0.301 e. The molecule has 1 aromatic carbocycles. The van der Waals surface area contributed by atoms with Crippen LogP contribution in [0.4, 0.5) is 0 Å². The fourth-order valence-electron chi connectivity index (χ4n) is 1.88. The van der Waals surface area contributed by atoms with Gasteiger partial charge in [-0.05, 0) is 33.3 Å². The molecule has 0 fully saturated rings. The van der Waals surface area contributed by atoms with Crippen molar-refractivity contribution in [2.45, 2.75) is 52.1 Å². The molecule has 1 atom stereocenters. The summed E-state index contributed by atoms with van der Waals surface area (Å²) < 4.78 is 23.6. The summed E-state index contributed by atoms with van der Waals surface area (Å²) in [7, 11) is -3.86. The van der Waals surface area contributed by atoms with E-state index in [-0.39, 0.29) is 6.42 Å². The van der Waals surface area contributed by atoms with Crippen molar-refractivity contribution in [1.82, 2.24) is 0 Å². The Balaban J connectivity index is 3.08. The van der Waals surface area contributed by atoms with Crippen LogP contribution in [0.5, 0.6) is 0 Å². The zero-order chi connectivity index (χ0) is 16.0. The molecule has 0 spiro atoms. The van der Waals surface area contributed by atoms with Gasteiger partial charge in [0.2, 0.25) is 0 Å². The summed E-state index contributed by atoms with van der Waals surface area (Å²) in [5.41, 5.74) is 0.721. The molecule has 0 saturated carbocycles. The average molecular weight is 315 g/mol. The van der Waals surface area contributed by atoms with Crippen LogP contribution >= 0.6 is 7.60 Å². The third-order valence-corrected chi connectivity index (χ3v) is 5.12. The van der Waals surface area contributed by atoms with Gasteiger partial charge in [-0.3, -0.25) is 14.7 Å². The number of hydrogen-bond acceptors (Lipinski definition) is 5. The smallest absolute Gasteiger partial charge is 0.301 e. The van der Waals surface area contributed by atoms with E-state index in [1.54, 1.807) is 52.0 Å². The fraction of sp³-hybridized carbons (Fsp3) is 0.571. The summed E-state index contributed by atoms with van der Waals surface area (Å²) in [5.74, 6) is -1.41. The Morgan fingerprint density at radius 1 is 1.10 bits per heavy atom. The molecule has 0 heterocycles. The van der Waals surface area contributed by atoms with Gasteiger partial charge in [-0.2, -0.15) is 0 Å². The summed E-state index contributed by atoms with van der Waals surface area (Å²) >= 11 is 0. The number of rotatable bonds is 8. The predicted molar refractivity (Wildman–Crippen MR) is 81.0 cm³/mol. The Morgan fingerprint density at radius 3 is 1.95 bits per heavy atom. The monoisotopic (exact) mass is 315 g/mol. The van der Waals surface area contributed by atoms with Crippen molar-refractivity contribution in [3.05, 3.63) is 46.0 Å². The molecule has 1 rings (SSSR count). The maximum atomic E-state index is 12.9. The molecule has 21 heavy (non-hydrogen) atoms. The predicted octanol–water partition coefficient (Wildman–Crippen LogP) is 3.88. The van der Waals surface area contributed by atoms with E-state index in [2.05, 4.69) is 0 Å². The molecule has 0 amide bonds. The normalized spacial score (nSPS) is 13.6. The van der Waals surface area contributed by atoms with Crippen LogP contribution in [0.3, 0.4) is 0 Å². The van der Waals surface area contributed by atoms with Crippen molar-refractivity contribution >= 4 is 7.60 Å². The van der Waals surface area contributed by atoms with Crippen LogP contribution < -0.4 is 0 Å². The molecule has 0 saturated heterocycles. The lowest BCUT2D eigenvalue weighted by Crippen LogP contribution is -2.27. The van der Waals surface area contributed by atoms with Crippen molar-refractivity contribution in [3.8, 4) is 0 Å². The van der Waals surface area contributed by atoms with E-state index in [4.69, 9.17) is 9.05 Å². The van der Waals surface area contributed by atoms with Gasteiger partial charge < -0.3 is 9.05 Å². The number of benzene rings is 1. The largest absolute Gasteiger partial charge is 0.404 e. The first-order chi connectivity index (χ1) is 9.74. The molecule has 0 aliphatic carbocycles. The number of nitro groups is 1. The third-order valence-electron chi connectivity index (χ3n) is 2.58. The molecule has 118 valence electrons. The minimum absolute atomic E-state index is 0.00452. The van der Waals surface area contributed by atoms with E-state index in [0.717, 1.165) is 5.56 Å². The Bertz CT molecular complexity index is 489. The summed E-state index contributed by atoms with van der Waals surface area (Å²) in [5, 5.41) is 11.4. The topological polar surface area (TPSA) is 78.7 Å². The summed E-state index contributed by atoms with van der Waals surface area (Å²) in [4.78, 5) is 10.8. The van der Waals surface area contributed by atoms with Gasteiger partial charge in [-0.25, -0.2) is 0 Å². The van der Waals surface area contributed by atoms with Gasteiger partial charge >= 0.3 is 13.4 Å². The summed E-state index contributed by atoms with van der Waals surface area (Å²) in [6.07, 6.45) is -0.842. The fourth-order valence-corrected chi connectivity index (χ4v) is 4.05. The standard InChI is InChI=1S/C14H22NO5P/c1-11(2)19-21(18,20-12(3)4)14(15(16)17)10-13-8-6-5-7-9-13/h5-9,11-12,14H,10H2,1-4H3. The highest BCUT2D eigenvalue weighted by molar-refractivity contribution is 7.54. The van der Waals surface area contributed by atoms with Gasteiger partial charge in [-0.1, -0.05) is 30.3 Å². The van der Waals surface area contributed by atoms with Crippen molar-refractivity contribution in [2.75, 3.05) is 0 Å². The van der Waals surface area contributed by atoms with Gasteiger partial charge in [-0.15, -0.1) is 0 Å². The van der Waals surface area contributed by atoms with Crippen molar-refractivity contribution in [3.63, 3.8) is 0 Å². The molecule has 0 radical (unpaired) electrons. The zero-order valence-corrected chi connectivity index (χ0v) is 13.7. The van der Waals surface area contributed by atoms with Crippen LogP contribution in [-0.2, 0) is 20.0 Å². The first-order valence-electron chi connectivity index (χ1n) is 6.88. The summed E-state index contributed by atoms with van der Waals surface area (Å²) in [6, 6.07) is 8.89. The molecule has 1 unspecified atom stereocenters. The van der Waals surface area contributed by atoms with E-state index in [9.17, 15) is 14.7 Å². The highest BCUT2D eigenvalue weighted by Gasteiger charge is 2.47. The van der Waals surface area contributed by atoms with Gasteiger partial charge in [0.15, 0.2) is 0 Å². The van der Waals surface area contributed by atoms with E-state index < -0.39 is 30.5 Å². The second kappa shape index (κ2) is 7.69. The first-order valence-corrected chi connectivity index (χ1v) is 8.49. The molecule has 0 bridgehead atoms. The third kappa shape index (κ3) is 5.58. The lowest BCUT2D eigenvalue weighted by Gasteiger charge is -2.25. The van der Waals surface area contributed by atoms with Crippen LogP contribution in [0.15, 0.2) is 30.3 Å². The minimum atomic E-state index is -3.86. The lowest BCUT2D eigenvalue weighted by molar-refractivity contribution is -0.501. The van der Waals surface area contributed by atoms with E-state index in [0.29, 0.717) is 0 Å². The summed E-state index contributed by atoms with van der Waals surface area (Å²) in [6.45, 7) is 6.71. The second-order valence-electron chi connectivity index (χ2n) is 5.30. The van der Waals surface area contributed by atoms with Gasteiger partial charge in [0.05, 0.1) is 18.6 Å². The lowest BCUT2D eigenvalue weighted by atomic mass is 10.1. The molecule has 7 heteroatoms. The zero-order valence-electron chi connectivity index (χ0n) is 12.8. The van der Waals surface area contributed by atoms with Crippen LogP contribution in [-0.4, -0.2) is 22.9 Å². The SMILES string of the molecule is CC(C)OP(=O)(OC(C)C)C(Cc1ccccc1)[N+](=O)[O-]. The Hall–Kier alpha value is -1.23. The van der Waals surface area contributed by atoms with Crippen LogP contribution in [0.25, 0.3) is 0 Å². The first kappa shape index (κ1) is 17.8. The molecule has 6 nitrogen and oxygen atoms in total. The van der Waals surface area contributed by atoms with E-state index >= 15 is 0 Å². The van der Waals surface area contributed by atoms with Crippen molar-refractivity contribution < 1.29 is 18.5 Å². The quantitative estimate of drug-likeness (QED) is 0.413. The van der Waals surface area contributed by atoms with Crippen LogP contribution in [0.2, 0.25) is 0 Å². The number of hydrogen-bond donors (Lipinski definition) is 0. The van der Waals surface area contributed by atoms with Crippen molar-refractivity contribution in [2.24, 2.45) is 0 Å². The molecule has 0 aromatic heterocycles. The molecular weight excluding hydrogens is 293 g/mol. The maximum absolute atomic E-state index is 12.9. The van der Waals surface area contributed by atoms with Crippen molar-refractivity contribution in [1.29, 1.82) is 0 Å². The second-order valence-corrected chi connectivity index (χ2v) is 7.40. The molecule has 1 aromatic rings.